The average Bonchev–Trinajstić information content (AvgIpc) is 3.04. The van der Waals surface area contributed by atoms with E-state index in [1.54, 1.807) is 13.1 Å². The highest BCUT2D eigenvalue weighted by Crippen LogP contribution is 2.33. The maximum absolute atomic E-state index is 11.2. The van der Waals surface area contributed by atoms with Crippen molar-refractivity contribution < 1.29 is 4.79 Å². The van der Waals surface area contributed by atoms with Crippen molar-refractivity contribution in [2.24, 2.45) is 13.0 Å². The highest BCUT2D eigenvalue weighted by molar-refractivity contribution is 6.33. The minimum Gasteiger partial charge on any atom is -0.357 e. The first kappa shape index (κ1) is 18.9. The third-order valence-corrected chi connectivity index (χ3v) is 6.01. The molecule has 6 heteroatoms. The van der Waals surface area contributed by atoms with Gasteiger partial charge in [0.2, 0.25) is 0 Å². The third-order valence-electron chi connectivity index (χ3n) is 5.71. The summed E-state index contributed by atoms with van der Waals surface area (Å²) >= 11 is 6.50. The van der Waals surface area contributed by atoms with E-state index in [4.69, 9.17) is 16.6 Å². The molecule has 1 saturated heterocycles. The zero-order valence-electron chi connectivity index (χ0n) is 16.4. The molecule has 0 saturated carbocycles. The summed E-state index contributed by atoms with van der Waals surface area (Å²) in [6, 6.07) is 10.1. The largest absolute Gasteiger partial charge is 0.357 e. The lowest BCUT2D eigenvalue weighted by atomic mass is 9.91. The topological polar surface area (TPSA) is 51.0 Å². The number of nitrogens with zero attached hydrogens (tertiary/aromatic N) is 4. The van der Waals surface area contributed by atoms with Crippen molar-refractivity contribution in [3.05, 3.63) is 41.6 Å². The van der Waals surface area contributed by atoms with Gasteiger partial charge >= 0.3 is 0 Å². The molecule has 0 atom stereocenters. The lowest BCUT2D eigenvalue weighted by Crippen LogP contribution is -2.34. The highest BCUT2D eigenvalue weighted by atomic mass is 35.5. The summed E-state index contributed by atoms with van der Waals surface area (Å²) in [5.74, 6) is 2.71. The van der Waals surface area contributed by atoms with Crippen LogP contribution in [0.15, 0.2) is 36.5 Å². The summed E-state index contributed by atoms with van der Waals surface area (Å²) in [7, 11) is 2.02. The number of benzene rings is 1. The second-order valence-electron chi connectivity index (χ2n) is 7.68. The van der Waals surface area contributed by atoms with Gasteiger partial charge in [-0.3, -0.25) is 0 Å². The van der Waals surface area contributed by atoms with Gasteiger partial charge in [-0.25, -0.2) is 9.97 Å². The molecule has 2 aromatic heterocycles. The Kier molecular flexibility index (Phi) is 5.36. The summed E-state index contributed by atoms with van der Waals surface area (Å²) in [6.07, 6.45) is 5.62. The number of Topliss-reactive ketones (excluding diaryl/α,β-unsaturated/α-hetero) is 1. The molecule has 1 fully saturated rings. The first-order valence-corrected chi connectivity index (χ1v) is 10.2. The van der Waals surface area contributed by atoms with Gasteiger partial charge in [0.05, 0.1) is 16.1 Å². The summed E-state index contributed by atoms with van der Waals surface area (Å²) in [5, 5.41) is 0.610. The zero-order valence-corrected chi connectivity index (χ0v) is 17.1. The molecule has 1 aliphatic rings. The monoisotopic (exact) mass is 396 g/mol. The molecule has 146 valence electrons. The maximum Gasteiger partial charge on any atom is 0.142 e. The Bertz CT molecular complexity index is 1000. The number of aryl methyl sites for hydroxylation is 1. The number of fused-ring (bicyclic) bond motifs is 1. The molecule has 0 N–H and O–H groups in total. The lowest BCUT2D eigenvalue weighted by molar-refractivity contribution is -0.117. The van der Waals surface area contributed by atoms with Crippen LogP contribution in [-0.2, 0) is 11.8 Å². The van der Waals surface area contributed by atoms with Gasteiger partial charge in [0.25, 0.3) is 0 Å². The van der Waals surface area contributed by atoms with Crippen LogP contribution >= 0.6 is 11.6 Å². The van der Waals surface area contributed by atoms with Gasteiger partial charge in [-0.1, -0.05) is 23.7 Å². The van der Waals surface area contributed by atoms with Gasteiger partial charge in [-0.2, -0.15) is 0 Å². The molecule has 0 unspecified atom stereocenters. The van der Waals surface area contributed by atoms with Crippen molar-refractivity contribution in [3.63, 3.8) is 0 Å². The van der Waals surface area contributed by atoms with Gasteiger partial charge in [0, 0.05) is 38.3 Å². The van der Waals surface area contributed by atoms with Crippen LogP contribution in [0.1, 0.15) is 32.6 Å². The minimum absolute atomic E-state index is 0.286. The van der Waals surface area contributed by atoms with Crippen LogP contribution in [0.4, 0.5) is 5.82 Å². The Hall–Kier alpha value is -2.40. The Morgan fingerprint density at radius 1 is 1.25 bits per heavy atom. The second-order valence-corrected chi connectivity index (χ2v) is 8.08. The van der Waals surface area contributed by atoms with Crippen LogP contribution in [0.25, 0.3) is 22.4 Å². The normalized spacial score (nSPS) is 15.3. The van der Waals surface area contributed by atoms with E-state index >= 15 is 0 Å². The molecule has 0 spiro atoms. The Morgan fingerprint density at radius 2 is 2.00 bits per heavy atom. The van der Waals surface area contributed by atoms with Crippen molar-refractivity contribution in [3.8, 4) is 11.4 Å². The average molecular weight is 397 g/mol. The number of para-hydroxylation sites is 2. The fraction of sp³-hybridized carbons (Fsp3) is 0.409. The quantitative estimate of drug-likeness (QED) is 0.617. The molecule has 1 aliphatic heterocycles. The van der Waals surface area contributed by atoms with Gasteiger partial charge in [0.1, 0.15) is 17.4 Å². The summed E-state index contributed by atoms with van der Waals surface area (Å²) < 4.78 is 2.08. The van der Waals surface area contributed by atoms with Crippen LogP contribution in [0.3, 0.4) is 0 Å². The van der Waals surface area contributed by atoms with E-state index in [-0.39, 0.29) is 5.78 Å². The van der Waals surface area contributed by atoms with Crippen molar-refractivity contribution in [2.75, 3.05) is 18.0 Å². The third kappa shape index (κ3) is 3.76. The summed E-state index contributed by atoms with van der Waals surface area (Å²) in [4.78, 5) is 22.9. The molecule has 28 heavy (non-hydrogen) atoms. The molecular weight excluding hydrogens is 372 g/mol. The summed E-state index contributed by atoms with van der Waals surface area (Å²) in [5.41, 5.74) is 2.95. The number of imidazole rings is 1. The van der Waals surface area contributed by atoms with E-state index in [2.05, 4.69) is 26.6 Å². The van der Waals surface area contributed by atoms with Crippen LogP contribution in [-0.4, -0.2) is 33.4 Å². The van der Waals surface area contributed by atoms with E-state index in [9.17, 15) is 4.79 Å². The number of piperidine rings is 1. The number of carbonyl (C=O) groups excluding carboxylic acids is 1. The van der Waals surface area contributed by atoms with Crippen LogP contribution in [0, 0.1) is 5.92 Å². The molecule has 0 radical (unpaired) electrons. The Labute approximate surface area is 170 Å². The Morgan fingerprint density at radius 3 is 2.71 bits per heavy atom. The van der Waals surface area contributed by atoms with Gasteiger partial charge in [-0.15, -0.1) is 0 Å². The highest BCUT2D eigenvalue weighted by Gasteiger charge is 2.22. The van der Waals surface area contributed by atoms with Crippen LogP contribution < -0.4 is 4.90 Å². The first-order chi connectivity index (χ1) is 13.5. The number of halogens is 1. The van der Waals surface area contributed by atoms with Gasteiger partial charge < -0.3 is 14.3 Å². The number of hydrogen-bond acceptors (Lipinski definition) is 4. The van der Waals surface area contributed by atoms with E-state index in [0.29, 0.717) is 17.4 Å². The minimum atomic E-state index is 0.286. The van der Waals surface area contributed by atoms with E-state index in [1.165, 1.54) is 0 Å². The number of carbonyl (C=O) groups is 1. The predicted molar refractivity (Wildman–Crippen MR) is 114 cm³/mol. The van der Waals surface area contributed by atoms with E-state index in [0.717, 1.165) is 60.6 Å². The molecule has 1 aromatic carbocycles. The number of ketones is 1. The smallest absolute Gasteiger partial charge is 0.142 e. The van der Waals surface area contributed by atoms with E-state index < -0.39 is 0 Å². The standard InChI is InChI=1S/C22H25ClN4O/c1-15(28)7-8-16-9-11-27(12-10-16)21-13-17(18(23)14-24-21)22-25-19-5-3-4-6-20(19)26(22)2/h3-6,13-14,16H,7-12H2,1-2H3. The molecule has 0 bridgehead atoms. The van der Waals surface area contributed by atoms with Crippen molar-refractivity contribution in [2.45, 2.75) is 32.6 Å². The van der Waals surface area contributed by atoms with Gasteiger partial charge in [0.15, 0.2) is 0 Å². The fourth-order valence-corrected chi connectivity index (χ4v) is 4.20. The number of anilines is 1. The van der Waals surface area contributed by atoms with Crippen molar-refractivity contribution in [1.29, 1.82) is 0 Å². The first-order valence-electron chi connectivity index (χ1n) is 9.84. The second kappa shape index (κ2) is 7.92. The summed E-state index contributed by atoms with van der Waals surface area (Å²) in [6.45, 7) is 3.59. The zero-order chi connectivity index (χ0) is 19.7. The van der Waals surface area contributed by atoms with Crippen molar-refractivity contribution in [1.82, 2.24) is 14.5 Å². The Balaban J connectivity index is 1.56. The van der Waals surface area contributed by atoms with Crippen molar-refractivity contribution >= 4 is 34.2 Å². The van der Waals surface area contributed by atoms with Crippen LogP contribution in [0.5, 0.6) is 0 Å². The molecule has 4 rings (SSSR count). The molecule has 0 amide bonds. The van der Waals surface area contributed by atoms with E-state index in [1.807, 2.05) is 25.2 Å². The molecule has 3 aromatic rings. The maximum atomic E-state index is 11.2. The van der Waals surface area contributed by atoms with Gasteiger partial charge in [-0.05, 0) is 50.3 Å². The predicted octanol–water partition coefficient (Wildman–Crippen LogP) is 4.87. The fourth-order valence-electron chi connectivity index (χ4n) is 4.02. The molecular formula is C22H25ClN4O. The lowest BCUT2D eigenvalue weighted by Gasteiger charge is -2.33. The number of rotatable bonds is 5. The molecule has 5 nitrogen and oxygen atoms in total. The number of aromatic nitrogens is 3. The number of hydrogen-bond donors (Lipinski definition) is 0. The molecule has 0 aliphatic carbocycles. The molecule has 3 heterocycles. The number of pyridine rings is 1. The SMILES string of the molecule is CC(=O)CCC1CCN(c2cc(-c3nc4ccccc4n3C)c(Cl)cn2)CC1. The van der Waals surface area contributed by atoms with Crippen LogP contribution in [0.2, 0.25) is 5.02 Å².